The molecule has 0 unspecified atom stereocenters. The number of carbonyl (C=O) groups excluding carboxylic acids is 2. The number of hydrogen-bond acceptors (Lipinski definition) is 6. The van der Waals surface area contributed by atoms with Crippen molar-refractivity contribution < 1.29 is 19.1 Å². The van der Waals surface area contributed by atoms with Crippen molar-refractivity contribution in [1.82, 2.24) is 15.1 Å². The Hall–Kier alpha value is -3.52. The Morgan fingerprint density at radius 3 is 2.43 bits per heavy atom. The Labute approximate surface area is 160 Å². The third-order valence-corrected chi connectivity index (χ3v) is 3.96. The summed E-state index contributed by atoms with van der Waals surface area (Å²) in [6.07, 6.45) is 0. The van der Waals surface area contributed by atoms with E-state index in [1.165, 1.54) is 7.11 Å². The van der Waals surface area contributed by atoms with Crippen LogP contribution in [0.2, 0.25) is 0 Å². The van der Waals surface area contributed by atoms with Crippen LogP contribution in [0.3, 0.4) is 0 Å². The van der Waals surface area contributed by atoms with Gasteiger partial charge in [0.15, 0.2) is 12.3 Å². The topological polar surface area (TPSA) is 99.5 Å². The summed E-state index contributed by atoms with van der Waals surface area (Å²) in [6, 6.07) is 15.4. The van der Waals surface area contributed by atoms with Gasteiger partial charge >= 0.3 is 5.97 Å². The van der Waals surface area contributed by atoms with Gasteiger partial charge in [-0.1, -0.05) is 36.4 Å². The summed E-state index contributed by atoms with van der Waals surface area (Å²) in [5.74, 6) is -1.24. The number of para-hydroxylation sites is 1. The molecule has 0 aliphatic rings. The molecule has 1 aromatic heterocycles. The Morgan fingerprint density at radius 1 is 1.04 bits per heavy atom. The number of ether oxygens (including phenoxy) is 2. The van der Waals surface area contributed by atoms with E-state index >= 15 is 0 Å². The fourth-order valence-electron chi connectivity index (χ4n) is 2.63. The van der Waals surface area contributed by atoms with Gasteiger partial charge in [0.1, 0.15) is 0 Å². The minimum Gasteiger partial charge on any atom is -0.451 e. The van der Waals surface area contributed by atoms with E-state index in [-0.39, 0.29) is 11.3 Å². The molecule has 0 spiro atoms. The number of nitrogens with zero attached hydrogens (tertiary/aromatic N) is 2. The lowest BCUT2D eigenvalue weighted by molar-refractivity contribution is -0.124. The minimum absolute atomic E-state index is 0.0382. The summed E-state index contributed by atoms with van der Waals surface area (Å²) in [5.41, 5.74) is 0.129. The number of amides is 1. The minimum atomic E-state index is -0.789. The molecule has 1 amide bonds. The highest BCUT2D eigenvalue weighted by atomic mass is 16.5. The molecule has 144 valence electrons. The number of esters is 1. The summed E-state index contributed by atoms with van der Waals surface area (Å²) < 4.78 is 11.1. The van der Waals surface area contributed by atoms with Crippen LogP contribution in [0, 0.1) is 0 Å². The third kappa shape index (κ3) is 4.24. The highest BCUT2D eigenvalue weighted by molar-refractivity contribution is 6.02. The molecule has 0 saturated heterocycles. The molecule has 1 N–H and O–H groups in total. The monoisotopic (exact) mass is 381 g/mol. The molecule has 0 aliphatic carbocycles. The quantitative estimate of drug-likeness (QED) is 0.489. The molecule has 0 saturated carbocycles. The zero-order valence-corrected chi connectivity index (χ0v) is 15.3. The van der Waals surface area contributed by atoms with Crippen molar-refractivity contribution in [1.29, 1.82) is 0 Å². The van der Waals surface area contributed by atoms with Crippen molar-refractivity contribution >= 4 is 22.6 Å². The summed E-state index contributed by atoms with van der Waals surface area (Å²) in [7, 11) is 1.52. The average Bonchev–Trinajstić information content (AvgIpc) is 2.73. The van der Waals surface area contributed by atoms with Crippen LogP contribution in [-0.4, -0.2) is 48.5 Å². The predicted molar refractivity (Wildman–Crippen MR) is 103 cm³/mol. The molecule has 3 rings (SSSR count). The Bertz CT molecular complexity index is 1050. The second kappa shape index (κ2) is 8.92. The van der Waals surface area contributed by atoms with Crippen LogP contribution in [0.4, 0.5) is 0 Å². The van der Waals surface area contributed by atoms with Gasteiger partial charge in [-0.25, -0.2) is 4.79 Å². The molecule has 0 aliphatic heterocycles. The van der Waals surface area contributed by atoms with Crippen molar-refractivity contribution in [3.8, 4) is 5.69 Å². The number of benzene rings is 2. The maximum atomic E-state index is 12.8. The van der Waals surface area contributed by atoms with Gasteiger partial charge in [0.25, 0.3) is 11.5 Å². The number of aromatic nitrogens is 2. The molecular weight excluding hydrogens is 362 g/mol. The molecule has 8 heteroatoms. The van der Waals surface area contributed by atoms with Gasteiger partial charge in [-0.3, -0.25) is 9.59 Å². The molecular formula is C20H19N3O5. The van der Waals surface area contributed by atoms with Crippen LogP contribution in [0.5, 0.6) is 0 Å². The first-order valence-corrected chi connectivity index (χ1v) is 8.62. The molecule has 28 heavy (non-hydrogen) atoms. The Kier molecular flexibility index (Phi) is 6.13. The largest absolute Gasteiger partial charge is 0.451 e. The first-order chi connectivity index (χ1) is 13.6. The van der Waals surface area contributed by atoms with Crippen molar-refractivity contribution in [3.63, 3.8) is 0 Å². The van der Waals surface area contributed by atoms with Gasteiger partial charge in [-0.05, 0) is 18.2 Å². The lowest BCUT2D eigenvalue weighted by Crippen LogP contribution is -2.32. The summed E-state index contributed by atoms with van der Waals surface area (Å²) in [5, 5.41) is 7.46. The van der Waals surface area contributed by atoms with Crippen molar-refractivity contribution in [2.45, 2.75) is 0 Å². The SMILES string of the molecule is COCCNC(=O)COC(=O)c1nn(-c2ccccc2)c(=O)c2ccccc12. The van der Waals surface area contributed by atoms with Crippen molar-refractivity contribution in [2.75, 3.05) is 26.9 Å². The predicted octanol–water partition coefficient (Wildman–Crippen LogP) is 1.31. The standard InChI is InChI=1S/C20H19N3O5/c1-27-12-11-21-17(24)13-28-20(26)18-15-9-5-6-10-16(15)19(25)23(22-18)14-7-3-2-4-8-14/h2-10H,11-13H2,1H3,(H,21,24). The molecule has 0 fully saturated rings. The van der Waals surface area contributed by atoms with E-state index in [0.717, 1.165) is 4.68 Å². The fourth-order valence-corrected chi connectivity index (χ4v) is 2.63. The van der Waals surface area contributed by atoms with Crippen molar-refractivity contribution in [3.05, 3.63) is 70.6 Å². The van der Waals surface area contributed by atoms with Crippen LogP contribution >= 0.6 is 0 Å². The zero-order valence-electron chi connectivity index (χ0n) is 15.3. The number of carbonyl (C=O) groups is 2. The molecule has 3 aromatic rings. The summed E-state index contributed by atoms with van der Waals surface area (Å²) in [4.78, 5) is 37.1. The zero-order chi connectivity index (χ0) is 19.9. The van der Waals surface area contributed by atoms with Crippen LogP contribution in [-0.2, 0) is 14.3 Å². The number of rotatable bonds is 7. The number of methoxy groups -OCH3 is 1. The Balaban J connectivity index is 1.92. The smallest absolute Gasteiger partial charge is 0.359 e. The van der Waals surface area contributed by atoms with Gasteiger partial charge in [0.2, 0.25) is 0 Å². The van der Waals surface area contributed by atoms with E-state index in [9.17, 15) is 14.4 Å². The number of hydrogen-bond donors (Lipinski definition) is 1. The molecule has 8 nitrogen and oxygen atoms in total. The second-order valence-electron chi connectivity index (χ2n) is 5.87. The van der Waals surface area contributed by atoms with E-state index in [2.05, 4.69) is 10.4 Å². The highest BCUT2D eigenvalue weighted by Gasteiger charge is 2.19. The molecule has 1 heterocycles. The van der Waals surface area contributed by atoms with E-state index in [1.54, 1.807) is 48.5 Å². The summed E-state index contributed by atoms with van der Waals surface area (Å²) >= 11 is 0. The number of nitrogens with one attached hydrogen (secondary N) is 1. The third-order valence-electron chi connectivity index (χ3n) is 3.96. The van der Waals surface area contributed by atoms with Gasteiger partial charge in [0.05, 0.1) is 17.7 Å². The fraction of sp³-hybridized carbons (Fsp3) is 0.200. The Morgan fingerprint density at radius 2 is 1.71 bits per heavy atom. The van der Waals surface area contributed by atoms with Gasteiger partial charge in [0, 0.05) is 19.0 Å². The van der Waals surface area contributed by atoms with Crippen LogP contribution < -0.4 is 10.9 Å². The van der Waals surface area contributed by atoms with Gasteiger partial charge in [-0.2, -0.15) is 9.78 Å². The summed E-state index contributed by atoms with van der Waals surface area (Å²) in [6.45, 7) is 0.212. The maximum Gasteiger partial charge on any atom is 0.359 e. The molecule has 2 aromatic carbocycles. The highest BCUT2D eigenvalue weighted by Crippen LogP contribution is 2.16. The van der Waals surface area contributed by atoms with Crippen molar-refractivity contribution in [2.24, 2.45) is 0 Å². The average molecular weight is 381 g/mol. The van der Waals surface area contributed by atoms with Gasteiger partial charge < -0.3 is 14.8 Å². The van der Waals surface area contributed by atoms with Gasteiger partial charge in [-0.15, -0.1) is 0 Å². The van der Waals surface area contributed by atoms with Crippen LogP contribution in [0.1, 0.15) is 10.5 Å². The lowest BCUT2D eigenvalue weighted by Gasteiger charge is -2.11. The molecule has 0 bridgehead atoms. The molecule has 0 radical (unpaired) electrons. The molecule has 0 atom stereocenters. The van der Waals surface area contributed by atoms with Crippen LogP contribution in [0.15, 0.2) is 59.4 Å². The second-order valence-corrected chi connectivity index (χ2v) is 5.87. The lowest BCUT2D eigenvalue weighted by atomic mass is 10.1. The first-order valence-electron chi connectivity index (χ1n) is 8.62. The number of fused-ring (bicyclic) bond motifs is 1. The van der Waals surface area contributed by atoms with E-state index in [4.69, 9.17) is 9.47 Å². The van der Waals surface area contributed by atoms with Crippen LogP contribution in [0.25, 0.3) is 16.5 Å². The maximum absolute atomic E-state index is 12.8. The van der Waals surface area contributed by atoms with E-state index < -0.39 is 18.5 Å². The van der Waals surface area contributed by atoms with E-state index in [0.29, 0.717) is 29.6 Å². The normalized spacial score (nSPS) is 10.6. The first kappa shape index (κ1) is 19.2. The van der Waals surface area contributed by atoms with E-state index in [1.807, 2.05) is 6.07 Å².